The lowest BCUT2D eigenvalue weighted by Crippen LogP contribution is -1.95. The molecule has 2 aromatic carbocycles. The molecule has 0 radical (unpaired) electrons. The molecular weight excluding hydrogens is 296 g/mol. The van der Waals surface area contributed by atoms with Gasteiger partial charge in [0.2, 0.25) is 0 Å². The zero-order valence-corrected chi connectivity index (χ0v) is 14.2. The summed E-state index contributed by atoms with van der Waals surface area (Å²) in [4.78, 5) is 0. The fourth-order valence-electron chi connectivity index (χ4n) is 3.11. The second-order valence-electron chi connectivity index (χ2n) is 5.32. The van der Waals surface area contributed by atoms with E-state index in [1.54, 1.807) is 28.4 Å². The number of furan rings is 1. The second kappa shape index (κ2) is 5.57. The van der Waals surface area contributed by atoms with E-state index in [9.17, 15) is 0 Å². The molecule has 0 bridgehead atoms. The molecule has 122 valence electrons. The molecule has 3 rings (SSSR count). The predicted molar refractivity (Wildman–Crippen MR) is 89.4 cm³/mol. The first-order chi connectivity index (χ1) is 11.1. The third-order valence-corrected chi connectivity index (χ3v) is 4.21. The minimum Gasteiger partial charge on any atom is -0.496 e. The van der Waals surface area contributed by atoms with E-state index < -0.39 is 0 Å². The number of ether oxygens (including phenoxy) is 4. The van der Waals surface area contributed by atoms with Crippen LogP contribution in [0.3, 0.4) is 0 Å². The Bertz CT molecular complexity index is 820. The standard InChI is InChI=1S/C18H20O5/c1-9-11(19-3)7-13-15(17(9)21-5)16-14(23-13)8-12(20-4)10(2)18(16)22-6/h7-8H,1-6H3. The van der Waals surface area contributed by atoms with Gasteiger partial charge in [0, 0.05) is 23.3 Å². The van der Waals surface area contributed by atoms with Crippen LogP contribution in [0.5, 0.6) is 23.0 Å². The van der Waals surface area contributed by atoms with Crippen molar-refractivity contribution in [1.82, 2.24) is 0 Å². The minimum absolute atomic E-state index is 0.685. The first-order valence-electron chi connectivity index (χ1n) is 7.26. The first kappa shape index (κ1) is 15.3. The van der Waals surface area contributed by atoms with Crippen LogP contribution in [-0.2, 0) is 0 Å². The molecule has 1 heterocycles. The van der Waals surface area contributed by atoms with Crippen molar-refractivity contribution < 1.29 is 23.4 Å². The number of fused-ring (bicyclic) bond motifs is 3. The van der Waals surface area contributed by atoms with E-state index in [1.807, 2.05) is 26.0 Å². The Morgan fingerprint density at radius 2 is 1.04 bits per heavy atom. The maximum absolute atomic E-state index is 6.01. The van der Waals surface area contributed by atoms with Crippen LogP contribution in [0, 0.1) is 13.8 Å². The summed E-state index contributed by atoms with van der Waals surface area (Å²) in [7, 11) is 6.54. The number of methoxy groups -OCH3 is 4. The molecule has 0 saturated heterocycles. The highest BCUT2D eigenvalue weighted by Crippen LogP contribution is 2.47. The summed E-state index contributed by atoms with van der Waals surface area (Å²) in [6.07, 6.45) is 0. The van der Waals surface area contributed by atoms with Gasteiger partial charge in [0.15, 0.2) is 0 Å². The third-order valence-electron chi connectivity index (χ3n) is 4.21. The lowest BCUT2D eigenvalue weighted by atomic mass is 10.0. The van der Waals surface area contributed by atoms with Crippen molar-refractivity contribution in [1.29, 1.82) is 0 Å². The Morgan fingerprint density at radius 1 is 0.652 bits per heavy atom. The number of rotatable bonds is 4. The van der Waals surface area contributed by atoms with E-state index in [0.29, 0.717) is 11.2 Å². The van der Waals surface area contributed by atoms with E-state index >= 15 is 0 Å². The zero-order chi connectivity index (χ0) is 16.7. The summed E-state index contributed by atoms with van der Waals surface area (Å²) in [6, 6.07) is 3.74. The van der Waals surface area contributed by atoms with Crippen molar-refractivity contribution in [3.63, 3.8) is 0 Å². The van der Waals surface area contributed by atoms with Crippen LogP contribution in [0.2, 0.25) is 0 Å². The van der Waals surface area contributed by atoms with Gasteiger partial charge in [0.1, 0.15) is 34.2 Å². The fraction of sp³-hybridized carbons (Fsp3) is 0.333. The highest BCUT2D eigenvalue weighted by molar-refractivity contribution is 6.13. The molecule has 0 N–H and O–H groups in total. The Morgan fingerprint density at radius 3 is 1.35 bits per heavy atom. The highest BCUT2D eigenvalue weighted by atomic mass is 16.5. The van der Waals surface area contributed by atoms with Gasteiger partial charge in [-0.2, -0.15) is 0 Å². The molecule has 0 aliphatic rings. The van der Waals surface area contributed by atoms with Gasteiger partial charge >= 0.3 is 0 Å². The van der Waals surface area contributed by atoms with E-state index in [4.69, 9.17) is 23.4 Å². The topological polar surface area (TPSA) is 50.1 Å². The number of hydrogen-bond donors (Lipinski definition) is 0. The molecule has 0 amide bonds. The molecule has 0 aliphatic carbocycles. The maximum atomic E-state index is 6.01. The van der Waals surface area contributed by atoms with Crippen LogP contribution in [0.1, 0.15) is 11.1 Å². The largest absolute Gasteiger partial charge is 0.496 e. The van der Waals surface area contributed by atoms with Gasteiger partial charge < -0.3 is 23.4 Å². The van der Waals surface area contributed by atoms with Gasteiger partial charge in [-0.05, 0) is 13.8 Å². The van der Waals surface area contributed by atoms with Crippen molar-refractivity contribution in [2.24, 2.45) is 0 Å². The molecule has 0 unspecified atom stereocenters. The molecule has 0 spiro atoms. The molecule has 0 saturated carbocycles. The van der Waals surface area contributed by atoms with Gasteiger partial charge in [0.25, 0.3) is 0 Å². The summed E-state index contributed by atoms with van der Waals surface area (Å²) in [6.45, 7) is 3.91. The van der Waals surface area contributed by atoms with Gasteiger partial charge in [-0.1, -0.05) is 0 Å². The predicted octanol–water partition coefficient (Wildman–Crippen LogP) is 4.24. The summed E-state index contributed by atoms with van der Waals surface area (Å²) in [5.41, 5.74) is 3.21. The average Bonchev–Trinajstić information content (AvgIpc) is 2.91. The van der Waals surface area contributed by atoms with Crippen LogP contribution < -0.4 is 18.9 Å². The molecule has 5 nitrogen and oxygen atoms in total. The smallest absolute Gasteiger partial charge is 0.143 e. The first-order valence-corrected chi connectivity index (χ1v) is 7.26. The highest BCUT2D eigenvalue weighted by Gasteiger charge is 2.23. The molecule has 0 fully saturated rings. The van der Waals surface area contributed by atoms with Gasteiger partial charge in [-0.3, -0.25) is 0 Å². The molecule has 0 aliphatic heterocycles. The van der Waals surface area contributed by atoms with Crippen molar-refractivity contribution in [3.8, 4) is 23.0 Å². The average molecular weight is 316 g/mol. The van der Waals surface area contributed by atoms with E-state index in [0.717, 1.165) is 44.9 Å². The number of benzene rings is 2. The van der Waals surface area contributed by atoms with Crippen LogP contribution >= 0.6 is 0 Å². The Kier molecular flexibility index (Phi) is 3.72. The van der Waals surface area contributed by atoms with Crippen molar-refractivity contribution in [2.75, 3.05) is 28.4 Å². The SMILES string of the molecule is COc1cc2oc3cc(OC)c(C)c(OC)c3c2c(OC)c1C. The van der Waals surface area contributed by atoms with Crippen molar-refractivity contribution in [3.05, 3.63) is 23.3 Å². The normalized spacial score (nSPS) is 11.0. The zero-order valence-electron chi connectivity index (χ0n) is 14.2. The molecule has 5 heteroatoms. The summed E-state index contributed by atoms with van der Waals surface area (Å²) in [5.74, 6) is 2.88. The van der Waals surface area contributed by atoms with E-state index in [2.05, 4.69) is 0 Å². The summed E-state index contributed by atoms with van der Waals surface area (Å²) < 4.78 is 28.1. The van der Waals surface area contributed by atoms with E-state index in [-0.39, 0.29) is 0 Å². The lowest BCUT2D eigenvalue weighted by molar-refractivity contribution is 0.390. The molecule has 0 atom stereocenters. The maximum Gasteiger partial charge on any atom is 0.143 e. The monoisotopic (exact) mass is 316 g/mol. The molecular formula is C18H20O5. The summed E-state index contributed by atoms with van der Waals surface area (Å²) in [5, 5.41) is 1.76. The van der Waals surface area contributed by atoms with Crippen LogP contribution in [0.25, 0.3) is 21.9 Å². The Labute approximate surface area is 134 Å². The Hall–Kier alpha value is -2.56. The molecule has 1 aromatic heterocycles. The van der Waals surface area contributed by atoms with Crippen molar-refractivity contribution >= 4 is 21.9 Å². The number of hydrogen-bond acceptors (Lipinski definition) is 5. The Balaban J connectivity index is 2.56. The molecule has 3 aromatic rings. The fourth-order valence-corrected chi connectivity index (χ4v) is 3.11. The minimum atomic E-state index is 0.685. The third kappa shape index (κ3) is 2.07. The van der Waals surface area contributed by atoms with Crippen molar-refractivity contribution in [2.45, 2.75) is 13.8 Å². The quantitative estimate of drug-likeness (QED) is 0.720. The lowest BCUT2D eigenvalue weighted by Gasteiger charge is -2.13. The molecule has 23 heavy (non-hydrogen) atoms. The van der Waals surface area contributed by atoms with Crippen LogP contribution in [0.4, 0.5) is 0 Å². The summed E-state index contributed by atoms with van der Waals surface area (Å²) >= 11 is 0. The van der Waals surface area contributed by atoms with Gasteiger partial charge in [-0.25, -0.2) is 0 Å². The van der Waals surface area contributed by atoms with Crippen LogP contribution in [0.15, 0.2) is 16.5 Å². The van der Waals surface area contributed by atoms with Gasteiger partial charge in [0.05, 0.1) is 39.2 Å². The van der Waals surface area contributed by atoms with E-state index in [1.165, 1.54) is 0 Å². The second-order valence-corrected chi connectivity index (χ2v) is 5.32. The van der Waals surface area contributed by atoms with Gasteiger partial charge in [-0.15, -0.1) is 0 Å². The van der Waals surface area contributed by atoms with Crippen LogP contribution in [-0.4, -0.2) is 28.4 Å².